The van der Waals surface area contributed by atoms with Gasteiger partial charge in [-0.15, -0.1) is 0 Å². The Balaban J connectivity index is 2.03. The number of carbonyl (C=O) groups is 1. The minimum absolute atomic E-state index is 0.180. The maximum atomic E-state index is 12.6. The number of anilines is 1. The van der Waals surface area contributed by atoms with Crippen molar-refractivity contribution in [3.8, 4) is 0 Å². The summed E-state index contributed by atoms with van der Waals surface area (Å²) in [4.78, 5) is 23.7. The van der Waals surface area contributed by atoms with Crippen molar-refractivity contribution in [3.63, 3.8) is 0 Å². The fraction of sp³-hybridized carbons (Fsp3) is 0.111. The van der Waals surface area contributed by atoms with Crippen LogP contribution in [0.1, 0.15) is 5.56 Å². The fourth-order valence-electron chi connectivity index (χ4n) is 2.69. The van der Waals surface area contributed by atoms with Crippen molar-refractivity contribution in [3.05, 3.63) is 76.6 Å². The number of hydrogen-bond donors (Lipinski definition) is 2. The van der Waals surface area contributed by atoms with Crippen LogP contribution >= 0.6 is 0 Å². The largest absolute Gasteiger partial charge is 0.480 e. The molecule has 0 amide bonds. The smallest absolute Gasteiger partial charge is 0.323 e. The molecule has 1 heterocycles. The number of nitrogens with zero attached hydrogens (tertiary/aromatic N) is 1. The molecule has 3 aromatic rings. The number of hydrogen-bond acceptors (Lipinski definition) is 4. The molecule has 8 heteroatoms. The maximum Gasteiger partial charge on any atom is 0.323 e. The molecular formula is C18H16N2O5S. The summed E-state index contributed by atoms with van der Waals surface area (Å²) < 4.78 is 28.2. The molecule has 2 aromatic carbocycles. The summed E-state index contributed by atoms with van der Waals surface area (Å²) in [5, 5.41) is 9.63. The normalized spacial score (nSPS) is 11.4. The van der Waals surface area contributed by atoms with E-state index in [1.807, 2.05) is 0 Å². The van der Waals surface area contributed by atoms with Gasteiger partial charge in [0.1, 0.15) is 12.2 Å². The number of aromatic nitrogens is 1. The fourth-order valence-corrected chi connectivity index (χ4v) is 3.87. The van der Waals surface area contributed by atoms with Gasteiger partial charge in [-0.05, 0) is 17.7 Å². The van der Waals surface area contributed by atoms with Crippen molar-refractivity contribution < 1.29 is 18.3 Å². The number of pyridine rings is 1. The van der Waals surface area contributed by atoms with Gasteiger partial charge in [-0.1, -0.05) is 48.5 Å². The first-order chi connectivity index (χ1) is 12.4. The average molecular weight is 372 g/mol. The Morgan fingerprint density at radius 2 is 1.69 bits per heavy atom. The maximum absolute atomic E-state index is 12.6. The molecular weight excluding hydrogens is 356 g/mol. The summed E-state index contributed by atoms with van der Waals surface area (Å²) in [7, 11) is -3.83. The lowest BCUT2D eigenvalue weighted by atomic mass is 10.2. The van der Waals surface area contributed by atoms with E-state index in [1.165, 1.54) is 6.07 Å². The predicted octanol–water partition coefficient (Wildman–Crippen LogP) is 2.03. The number of rotatable bonds is 6. The Morgan fingerprint density at radius 3 is 2.38 bits per heavy atom. The average Bonchev–Trinajstić information content (AvgIpc) is 2.58. The van der Waals surface area contributed by atoms with Gasteiger partial charge < -0.3 is 5.11 Å². The van der Waals surface area contributed by atoms with E-state index in [2.05, 4.69) is 4.72 Å². The summed E-state index contributed by atoms with van der Waals surface area (Å²) in [6.07, 6.45) is 0. The quantitative estimate of drug-likeness (QED) is 0.689. The lowest BCUT2D eigenvalue weighted by Crippen LogP contribution is -2.29. The molecule has 0 aliphatic carbocycles. The van der Waals surface area contributed by atoms with Crippen LogP contribution in [0.4, 0.5) is 5.69 Å². The van der Waals surface area contributed by atoms with E-state index in [1.54, 1.807) is 54.6 Å². The molecule has 1 aromatic heterocycles. The highest BCUT2D eigenvalue weighted by Crippen LogP contribution is 2.17. The molecule has 2 N–H and O–H groups in total. The van der Waals surface area contributed by atoms with Gasteiger partial charge in [0.25, 0.3) is 5.56 Å². The molecule has 7 nitrogen and oxygen atoms in total. The van der Waals surface area contributed by atoms with Crippen molar-refractivity contribution in [2.45, 2.75) is 12.3 Å². The van der Waals surface area contributed by atoms with Crippen molar-refractivity contribution in [2.75, 3.05) is 4.72 Å². The third-order valence-electron chi connectivity index (χ3n) is 3.76. The van der Waals surface area contributed by atoms with E-state index in [9.17, 15) is 18.0 Å². The Kier molecular flexibility index (Phi) is 4.77. The van der Waals surface area contributed by atoms with Crippen LogP contribution in [0.25, 0.3) is 10.9 Å². The monoisotopic (exact) mass is 372 g/mol. The standard InChI is InChI=1S/C18H16N2O5S/c21-17(22)11-20-16-9-5-4-8-14(16)10-15(18(20)23)19-26(24,25)12-13-6-2-1-3-7-13/h1-10,19H,11-12H2,(H,21,22). The van der Waals surface area contributed by atoms with Gasteiger partial charge >= 0.3 is 5.97 Å². The molecule has 3 rings (SSSR count). The van der Waals surface area contributed by atoms with Gasteiger partial charge in [0.2, 0.25) is 10.0 Å². The van der Waals surface area contributed by atoms with Gasteiger partial charge in [0.15, 0.2) is 0 Å². The summed E-state index contributed by atoms with van der Waals surface area (Å²) in [6.45, 7) is -0.562. The second-order valence-electron chi connectivity index (χ2n) is 5.75. The molecule has 0 radical (unpaired) electrons. The highest BCUT2D eigenvalue weighted by Gasteiger charge is 2.17. The number of carboxylic acids is 1. The molecule has 134 valence electrons. The molecule has 0 unspecified atom stereocenters. The van der Waals surface area contributed by atoms with Crippen LogP contribution in [0.15, 0.2) is 65.5 Å². The number of nitrogens with one attached hydrogen (secondary N) is 1. The third kappa shape index (κ3) is 3.92. The van der Waals surface area contributed by atoms with E-state index in [0.717, 1.165) is 4.57 Å². The topological polar surface area (TPSA) is 105 Å². The van der Waals surface area contributed by atoms with Crippen LogP contribution in [0.2, 0.25) is 0 Å². The SMILES string of the molecule is O=C(O)Cn1c(=O)c(NS(=O)(=O)Cc2ccccc2)cc2ccccc21. The van der Waals surface area contributed by atoms with Crippen molar-refractivity contribution in [2.24, 2.45) is 0 Å². The molecule has 26 heavy (non-hydrogen) atoms. The summed E-state index contributed by atoms with van der Waals surface area (Å²) in [5.74, 6) is -1.49. The van der Waals surface area contributed by atoms with E-state index < -0.39 is 28.1 Å². The number of fused-ring (bicyclic) bond motifs is 1. The van der Waals surface area contributed by atoms with Crippen LogP contribution in [-0.2, 0) is 27.1 Å². The first-order valence-electron chi connectivity index (χ1n) is 7.74. The van der Waals surface area contributed by atoms with Crippen molar-refractivity contribution in [1.29, 1.82) is 0 Å². The van der Waals surface area contributed by atoms with Crippen molar-refractivity contribution in [1.82, 2.24) is 4.57 Å². The lowest BCUT2D eigenvalue weighted by Gasteiger charge is -2.13. The molecule has 0 spiro atoms. The highest BCUT2D eigenvalue weighted by atomic mass is 32.2. The first kappa shape index (κ1) is 17.7. The van der Waals surface area contributed by atoms with Gasteiger partial charge in [-0.3, -0.25) is 18.9 Å². The highest BCUT2D eigenvalue weighted by molar-refractivity contribution is 7.91. The number of carboxylic acid groups (broad SMARTS) is 1. The van der Waals surface area contributed by atoms with Gasteiger partial charge in [0.05, 0.1) is 11.3 Å². The molecule has 0 atom stereocenters. The number of benzene rings is 2. The predicted molar refractivity (Wildman–Crippen MR) is 98.5 cm³/mol. The van der Waals surface area contributed by atoms with Crippen LogP contribution in [0.3, 0.4) is 0 Å². The Labute approximate surface area is 149 Å². The minimum atomic E-state index is -3.83. The van der Waals surface area contributed by atoms with Crippen LogP contribution in [-0.4, -0.2) is 24.1 Å². The molecule has 0 fully saturated rings. The second kappa shape index (κ2) is 7.01. The molecule has 0 aliphatic rings. The molecule has 0 saturated carbocycles. The van der Waals surface area contributed by atoms with Gasteiger partial charge in [0, 0.05) is 5.39 Å². The van der Waals surface area contributed by atoms with Gasteiger partial charge in [-0.25, -0.2) is 8.42 Å². The van der Waals surface area contributed by atoms with Gasteiger partial charge in [-0.2, -0.15) is 0 Å². The second-order valence-corrected chi connectivity index (χ2v) is 7.47. The number of sulfonamides is 1. The summed E-state index contributed by atoms with van der Waals surface area (Å²) >= 11 is 0. The molecule has 0 bridgehead atoms. The van der Waals surface area contributed by atoms with E-state index in [4.69, 9.17) is 5.11 Å². The summed E-state index contributed by atoms with van der Waals surface area (Å²) in [6, 6.07) is 16.7. The van der Waals surface area contributed by atoms with E-state index in [-0.39, 0.29) is 11.4 Å². The molecule has 0 aliphatic heterocycles. The third-order valence-corrected chi connectivity index (χ3v) is 5.01. The van der Waals surface area contributed by atoms with Crippen molar-refractivity contribution >= 4 is 32.6 Å². The Hall–Kier alpha value is -3.13. The van der Waals surface area contributed by atoms with E-state index in [0.29, 0.717) is 16.5 Å². The zero-order chi connectivity index (χ0) is 18.7. The van der Waals surface area contributed by atoms with Crippen LogP contribution in [0, 0.1) is 0 Å². The number of aliphatic carboxylic acids is 1. The first-order valence-corrected chi connectivity index (χ1v) is 9.40. The van der Waals surface area contributed by atoms with Crippen LogP contribution in [0.5, 0.6) is 0 Å². The molecule has 0 saturated heterocycles. The Bertz CT molecular complexity index is 1120. The zero-order valence-corrected chi connectivity index (χ0v) is 14.4. The Morgan fingerprint density at radius 1 is 1.04 bits per heavy atom. The zero-order valence-electron chi connectivity index (χ0n) is 13.6. The summed E-state index contributed by atoms with van der Waals surface area (Å²) in [5.41, 5.74) is 0.112. The minimum Gasteiger partial charge on any atom is -0.480 e. The lowest BCUT2D eigenvalue weighted by molar-refractivity contribution is -0.137. The van der Waals surface area contributed by atoms with Crippen LogP contribution < -0.4 is 10.3 Å². The number of para-hydroxylation sites is 1. The van der Waals surface area contributed by atoms with E-state index >= 15 is 0 Å².